The zero-order valence-corrected chi connectivity index (χ0v) is 11.8. The maximum Gasteiger partial charge on any atom is 0.146 e. The zero-order valence-electron chi connectivity index (χ0n) is 11.8. The third-order valence-corrected chi connectivity index (χ3v) is 3.50. The van der Waals surface area contributed by atoms with E-state index < -0.39 is 0 Å². The molecule has 0 fully saturated rings. The van der Waals surface area contributed by atoms with Crippen LogP contribution in [0.2, 0.25) is 0 Å². The fourth-order valence-corrected chi connectivity index (χ4v) is 2.56. The molecule has 0 atom stereocenters. The average molecular weight is 281 g/mol. The first kappa shape index (κ1) is 13.4. The highest BCUT2D eigenvalue weighted by Gasteiger charge is 2.17. The van der Waals surface area contributed by atoms with Crippen molar-refractivity contribution < 1.29 is 4.39 Å². The molecule has 106 valence electrons. The van der Waals surface area contributed by atoms with Crippen molar-refractivity contribution in [1.82, 2.24) is 4.98 Å². The standard InChI is InChI=1S/C17H16FN3/c1-2-21(16-10-6-4-8-13(16)18)17-12-7-3-5-9-15(12)20-11-14(17)19/h3-11H,2,19H2,1H3. The minimum absolute atomic E-state index is 0.264. The van der Waals surface area contributed by atoms with Crippen LogP contribution in [0.5, 0.6) is 0 Å². The molecule has 0 bridgehead atoms. The van der Waals surface area contributed by atoms with E-state index in [2.05, 4.69) is 4.98 Å². The van der Waals surface area contributed by atoms with Gasteiger partial charge in [-0.2, -0.15) is 0 Å². The lowest BCUT2D eigenvalue weighted by Crippen LogP contribution is -2.19. The number of nitrogens with two attached hydrogens (primary N) is 1. The predicted octanol–water partition coefficient (Wildman–Crippen LogP) is 4.11. The summed E-state index contributed by atoms with van der Waals surface area (Å²) in [6.07, 6.45) is 1.63. The molecule has 3 rings (SSSR count). The summed E-state index contributed by atoms with van der Waals surface area (Å²) in [5, 5.41) is 0.919. The number of halogens is 1. The van der Waals surface area contributed by atoms with Crippen molar-refractivity contribution in [3.63, 3.8) is 0 Å². The van der Waals surface area contributed by atoms with E-state index in [-0.39, 0.29) is 5.82 Å². The second kappa shape index (κ2) is 5.40. The monoisotopic (exact) mass is 281 g/mol. The Balaban J connectivity index is 2.27. The summed E-state index contributed by atoms with van der Waals surface area (Å²) in [6, 6.07) is 14.5. The number of nitrogens with zero attached hydrogens (tertiary/aromatic N) is 2. The quantitative estimate of drug-likeness (QED) is 0.785. The third-order valence-electron chi connectivity index (χ3n) is 3.50. The normalized spacial score (nSPS) is 10.8. The maximum absolute atomic E-state index is 14.1. The molecule has 3 nitrogen and oxygen atoms in total. The number of benzene rings is 2. The molecule has 0 amide bonds. The van der Waals surface area contributed by atoms with E-state index >= 15 is 0 Å². The molecule has 4 heteroatoms. The Bertz CT molecular complexity index is 786. The maximum atomic E-state index is 14.1. The Morgan fingerprint density at radius 3 is 2.57 bits per heavy atom. The van der Waals surface area contributed by atoms with E-state index in [1.54, 1.807) is 18.3 Å². The Kier molecular flexibility index (Phi) is 3.44. The number of hydrogen-bond donors (Lipinski definition) is 1. The van der Waals surface area contributed by atoms with Crippen LogP contribution in [0.1, 0.15) is 6.92 Å². The molecule has 3 aromatic rings. The van der Waals surface area contributed by atoms with Gasteiger partial charge in [-0.05, 0) is 25.1 Å². The van der Waals surface area contributed by atoms with Gasteiger partial charge < -0.3 is 10.6 Å². The number of rotatable bonds is 3. The van der Waals surface area contributed by atoms with Crippen molar-refractivity contribution in [3.05, 3.63) is 60.5 Å². The molecule has 0 aliphatic heterocycles. The summed E-state index contributed by atoms with van der Waals surface area (Å²) in [7, 11) is 0. The van der Waals surface area contributed by atoms with Crippen LogP contribution in [0.3, 0.4) is 0 Å². The molecule has 0 aliphatic rings. The lowest BCUT2D eigenvalue weighted by Gasteiger charge is -2.26. The smallest absolute Gasteiger partial charge is 0.146 e. The van der Waals surface area contributed by atoms with Gasteiger partial charge in [0.25, 0.3) is 0 Å². The van der Waals surface area contributed by atoms with Crippen molar-refractivity contribution in [2.24, 2.45) is 0 Å². The van der Waals surface area contributed by atoms with E-state index in [1.807, 2.05) is 42.2 Å². The summed E-state index contributed by atoms with van der Waals surface area (Å²) in [6.45, 7) is 2.58. The summed E-state index contributed by atoms with van der Waals surface area (Å²) >= 11 is 0. The second-order valence-electron chi connectivity index (χ2n) is 4.77. The van der Waals surface area contributed by atoms with E-state index in [9.17, 15) is 4.39 Å². The van der Waals surface area contributed by atoms with Crippen LogP contribution in [0.25, 0.3) is 10.9 Å². The topological polar surface area (TPSA) is 42.1 Å². The minimum Gasteiger partial charge on any atom is -0.396 e. The largest absolute Gasteiger partial charge is 0.396 e. The molecule has 0 saturated heterocycles. The molecule has 2 N–H and O–H groups in total. The predicted molar refractivity (Wildman–Crippen MR) is 85.2 cm³/mol. The molecule has 0 unspecified atom stereocenters. The molecule has 0 saturated carbocycles. The van der Waals surface area contributed by atoms with Gasteiger partial charge in [0, 0.05) is 11.9 Å². The van der Waals surface area contributed by atoms with Crippen molar-refractivity contribution in [2.45, 2.75) is 6.92 Å². The first-order valence-electron chi connectivity index (χ1n) is 6.87. The van der Waals surface area contributed by atoms with Crippen molar-refractivity contribution in [2.75, 3.05) is 17.2 Å². The Hall–Kier alpha value is -2.62. The van der Waals surface area contributed by atoms with E-state index in [0.717, 1.165) is 16.6 Å². The summed E-state index contributed by atoms with van der Waals surface area (Å²) in [5.74, 6) is -0.264. The van der Waals surface area contributed by atoms with Gasteiger partial charge in [-0.25, -0.2) is 4.39 Å². The van der Waals surface area contributed by atoms with Crippen LogP contribution in [0.4, 0.5) is 21.5 Å². The SMILES string of the molecule is CCN(c1ccccc1F)c1c(N)cnc2ccccc12. The Morgan fingerprint density at radius 1 is 1.10 bits per heavy atom. The van der Waals surface area contributed by atoms with Crippen molar-refractivity contribution in [1.29, 1.82) is 0 Å². The Morgan fingerprint density at radius 2 is 1.81 bits per heavy atom. The van der Waals surface area contributed by atoms with Crippen LogP contribution in [0, 0.1) is 5.82 Å². The number of aromatic nitrogens is 1. The molecule has 1 heterocycles. The number of para-hydroxylation sites is 2. The molecule has 0 aliphatic carbocycles. The average Bonchev–Trinajstić information content (AvgIpc) is 2.51. The zero-order chi connectivity index (χ0) is 14.8. The molecule has 0 spiro atoms. The molecular formula is C17H16FN3. The first-order valence-corrected chi connectivity index (χ1v) is 6.87. The number of nitrogen functional groups attached to an aromatic ring is 1. The lowest BCUT2D eigenvalue weighted by molar-refractivity contribution is 0.626. The van der Waals surface area contributed by atoms with Crippen LogP contribution in [-0.2, 0) is 0 Å². The fraction of sp³-hybridized carbons (Fsp3) is 0.118. The van der Waals surface area contributed by atoms with Crippen LogP contribution >= 0.6 is 0 Å². The minimum atomic E-state index is -0.264. The van der Waals surface area contributed by atoms with Gasteiger partial charge in [-0.15, -0.1) is 0 Å². The van der Waals surface area contributed by atoms with Gasteiger partial charge in [0.1, 0.15) is 5.82 Å². The fourth-order valence-electron chi connectivity index (χ4n) is 2.56. The van der Waals surface area contributed by atoms with Gasteiger partial charge in [0.05, 0.1) is 28.8 Å². The lowest BCUT2D eigenvalue weighted by atomic mass is 10.1. The highest BCUT2D eigenvalue weighted by atomic mass is 19.1. The highest BCUT2D eigenvalue weighted by Crippen LogP contribution is 2.36. The van der Waals surface area contributed by atoms with Gasteiger partial charge in [-0.3, -0.25) is 4.98 Å². The number of pyridine rings is 1. The van der Waals surface area contributed by atoms with Crippen LogP contribution in [0.15, 0.2) is 54.7 Å². The first-order chi connectivity index (χ1) is 10.2. The van der Waals surface area contributed by atoms with Gasteiger partial charge >= 0.3 is 0 Å². The molecule has 2 aromatic carbocycles. The molecular weight excluding hydrogens is 265 g/mol. The number of anilines is 3. The second-order valence-corrected chi connectivity index (χ2v) is 4.77. The summed E-state index contributed by atoms with van der Waals surface area (Å²) < 4.78 is 14.1. The summed E-state index contributed by atoms with van der Waals surface area (Å²) in [4.78, 5) is 6.21. The number of hydrogen-bond acceptors (Lipinski definition) is 3. The molecule has 0 radical (unpaired) electrons. The van der Waals surface area contributed by atoms with Crippen molar-refractivity contribution in [3.8, 4) is 0 Å². The van der Waals surface area contributed by atoms with Gasteiger partial charge in [-0.1, -0.05) is 30.3 Å². The van der Waals surface area contributed by atoms with E-state index in [4.69, 9.17) is 5.73 Å². The molecule has 21 heavy (non-hydrogen) atoms. The Labute approximate surface area is 122 Å². The van der Waals surface area contributed by atoms with Crippen molar-refractivity contribution >= 4 is 28.0 Å². The number of fused-ring (bicyclic) bond motifs is 1. The van der Waals surface area contributed by atoms with Gasteiger partial charge in [0.15, 0.2) is 0 Å². The third kappa shape index (κ3) is 2.29. The molecule has 1 aromatic heterocycles. The van der Waals surface area contributed by atoms with Crippen LogP contribution < -0.4 is 10.6 Å². The van der Waals surface area contributed by atoms with Crippen LogP contribution in [-0.4, -0.2) is 11.5 Å². The van der Waals surface area contributed by atoms with E-state index in [0.29, 0.717) is 17.9 Å². The van der Waals surface area contributed by atoms with E-state index in [1.165, 1.54) is 6.07 Å². The highest BCUT2D eigenvalue weighted by molar-refractivity contribution is 5.99. The summed E-state index contributed by atoms with van der Waals surface area (Å²) in [5.41, 5.74) is 8.82. The van der Waals surface area contributed by atoms with Gasteiger partial charge in [0.2, 0.25) is 0 Å².